The van der Waals surface area contributed by atoms with E-state index in [1.54, 1.807) is 4.90 Å². The van der Waals surface area contributed by atoms with E-state index in [9.17, 15) is 4.79 Å². The lowest BCUT2D eigenvalue weighted by Gasteiger charge is -2.19. The Balaban J connectivity index is 1.86. The van der Waals surface area contributed by atoms with Crippen molar-refractivity contribution in [3.05, 3.63) is 69.9 Å². The largest absolute Gasteiger partial charge is 0.358 e. The lowest BCUT2D eigenvalue weighted by molar-refractivity contribution is 0.0785. The topological polar surface area (TPSA) is 36.1 Å². The molecule has 3 rings (SSSR count). The Labute approximate surface area is 143 Å². The summed E-state index contributed by atoms with van der Waals surface area (Å²) in [5, 5.41) is 1.12. The number of aromatic amines is 1. The zero-order valence-corrected chi connectivity index (χ0v) is 15.0. The molecule has 1 N–H and O–H groups in total. The van der Waals surface area contributed by atoms with Gasteiger partial charge in [0.15, 0.2) is 0 Å². The van der Waals surface area contributed by atoms with Gasteiger partial charge in [-0.2, -0.15) is 0 Å². The van der Waals surface area contributed by atoms with Crippen LogP contribution in [0.25, 0.3) is 10.9 Å². The van der Waals surface area contributed by atoms with Gasteiger partial charge in [0.05, 0.1) is 0 Å². The Morgan fingerprint density at radius 2 is 1.79 bits per heavy atom. The summed E-state index contributed by atoms with van der Waals surface area (Å²) in [4.78, 5) is 17.9. The standard InChI is InChI=1S/C21H24N2O/c1-13-6-7-18(14(2)10-13)12-23(5)21(24)17-8-9-20-19(11-17)15(3)16(4)22-20/h6-11,22H,12H2,1-5H3. The SMILES string of the molecule is Cc1ccc(CN(C)C(=O)c2ccc3[nH]c(C)c(C)c3c2)c(C)c1. The third kappa shape index (κ3) is 2.94. The minimum absolute atomic E-state index is 0.0510. The van der Waals surface area contributed by atoms with Gasteiger partial charge < -0.3 is 9.88 Å². The number of hydrogen-bond acceptors (Lipinski definition) is 1. The first-order chi connectivity index (χ1) is 11.4. The summed E-state index contributed by atoms with van der Waals surface area (Å²) in [6.07, 6.45) is 0. The highest BCUT2D eigenvalue weighted by molar-refractivity contribution is 5.98. The Morgan fingerprint density at radius 1 is 1.04 bits per heavy atom. The van der Waals surface area contributed by atoms with Crippen molar-refractivity contribution < 1.29 is 4.79 Å². The van der Waals surface area contributed by atoms with Crippen LogP contribution in [0.3, 0.4) is 0 Å². The summed E-state index contributed by atoms with van der Waals surface area (Å²) in [7, 11) is 1.86. The lowest BCUT2D eigenvalue weighted by Crippen LogP contribution is -2.26. The molecule has 0 saturated carbocycles. The van der Waals surface area contributed by atoms with Crippen LogP contribution in [-0.4, -0.2) is 22.8 Å². The summed E-state index contributed by atoms with van der Waals surface area (Å²) in [6.45, 7) is 8.94. The zero-order chi connectivity index (χ0) is 17.4. The van der Waals surface area contributed by atoms with Crippen LogP contribution in [0.1, 0.15) is 38.3 Å². The van der Waals surface area contributed by atoms with Gasteiger partial charge in [-0.05, 0) is 62.6 Å². The average Bonchev–Trinajstić information content (AvgIpc) is 2.83. The van der Waals surface area contributed by atoms with E-state index in [0.717, 1.165) is 22.2 Å². The zero-order valence-electron chi connectivity index (χ0n) is 15.0. The van der Waals surface area contributed by atoms with Gasteiger partial charge in [0, 0.05) is 35.8 Å². The Bertz CT molecular complexity index is 921. The molecule has 0 aliphatic carbocycles. The molecule has 3 nitrogen and oxygen atoms in total. The molecule has 1 amide bonds. The smallest absolute Gasteiger partial charge is 0.253 e. The maximum Gasteiger partial charge on any atom is 0.253 e. The molecular formula is C21H24N2O. The minimum Gasteiger partial charge on any atom is -0.358 e. The fourth-order valence-electron chi connectivity index (χ4n) is 3.17. The summed E-state index contributed by atoms with van der Waals surface area (Å²) < 4.78 is 0. The van der Waals surface area contributed by atoms with Crippen molar-refractivity contribution in [3.63, 3.8) is 0 Å². The predicted octanol–water partition coefficient (Wildman–Crippen LogP) is 4.67. The van der Waals surface area contributed by atoms with Crippen LogP contribution in [0, 0.1) is 27.7 Å². The lowest BCUT2D eigenvalue weighted by atomic mass is 10.0. The number of amides is 1. The Kier molecular flexibility index (Phi) is 4.18. The Hall–Kier alpha value is -2.55. The first-order valence-corrected chi connectivity index (χ1v) is 8.27. The molecule has 3 aromatic rings. The van der Waals surface area contributed by atoms with Gasteiger partial charge in [-0.25, -0.2) is 0 Å². The molecule has 1 heterocycles. The van der Waals surface area contributed by atoms with E-state index in [4.69, 9.17) is 0 Å². The van der Waals surface area contributed by atoms with Crippen molar-refractivity contribution in [2.45, 2.75) is 34.2 Å². The number of carbonyl (C=O) groups is 1. The number of fused-ring (bicyclic) bond motifs is 1. The average molecular weight is 320 g/mol. The molecule has 2 aromatic carbocycles. The van der Waals surface area contributed by atoms with Crippen LogP contribution in [0.5, 0.6) is 0 Å². The second kappa shape index (κ2) is 6.16. The van der Waals surface area contributed by atoms with Crippen LogP contribution in [0.4, 0.5) is 0 Å². The number of nitrogens with one attached hydrogen (secondary N) is 1. The highest BCUT2D eigenvalue weighted by Crippen LogP contribution is 2.23. The molecular weight excluding hydrogens is 296 g/mol. The van der Waals surface area contributed by atoms with Crippen molar-refractivity contribution in [1.82, 2.24) is 9.88 Å². The van der Waals surface area contributed by atoms with Gasteiger partial charge in [-0.15, -0.1) is 0 Å². The van der Waals surface area contributed by atoms with E-state index in [0.29, 0.717) is 6.54 Å². The summed E-state index contributed by atoms with van der Waals surface area (Å²) in [5.74, 6) is 0.0510. The van der Waals surface area contributed by atoms with Crippen LogP contribution < -0.4 is 0 Å². The van der Waals surface area contributed by atoms with Crippen molar-refractivity contribution in [2.24, 2.45) is 0 Å². The van der Waals surface area contributed by atoms with E-state index >= 15 is 0 Å². The second-order valence-corrected chi connectivity index (χ2v) is 6.73. The molecule has 0 fully saturated rings. The van der Waals surface area contributed by atoms with Gasteiger partial charge in [0.25, 0.3) is 5.91 Å². The van der Waals surface area contributed by atoms with Crippen LogP contribution in [0.2, 0.25) is 0 Å². The number of carbonyl (C=O) groups excluding carboxylic acids is 1. The molecule has 124 valence electrons. The van der Waals surface area contributed by atoms with Gasteiger partial charge >= 0.3 is 0 Å². The predicted molar refractivity (Wildman–Crippen MR) is 99.5 cm³/mol. The number of aromatic nitrogens is 1. The molecule has 0 atom stereocenters. The first kappa shape index (κ1) is 16.3. The van der Waals surface area contributed by atoms with Gasteiger partial charge in [0.2, 0.25) is 0 Å². The minimum atomic E-state index is 0.0510. The summed E-state index contributed by atoms with van der Waals surface area (Å²) in [5.41, 5.74) is 7.83. The molecule has 0 bridgehead atoms. The number of rotatable bonds is 3. The molecule has 0 spiro atoms. The van der Waals surface area contributed by atoms with E-state index in [-0.39, 0.29) is 5.91 Å². The monoisotopic (exact) mass is 320 g/mol. The van der Waals surface area contributed by atoms with Gasteiger partial charge in [0.1, 0.15) is 0 Å². The molecule has 24 heavy (non-hydrogen) atoms. The van der Waals surface area contributed by atoms with Crippen molar-refractivity contribution in [1.29, 1.82) is 0 Å². The number of H-pyrrole nitrogens is 1. The van der Waals surface area contributed by atoms with E-state index in [2.05, 4.69) is 50.9 Å². The highest BCUT2D eigenvalue weighted by atomic mass is 16.2. The maximum atomic E-state index is 12.8. The molecule has 0 unspecified atom stereocenters. The molecule has 3 heteroatoms. The second-order valence-electron chi connectivity index (χ2n) is 6.73. The normalized spacial score (nSPS) is 11.0. The van der Waals surface area contributed by atoms with Gasteiger partial charge in [-0.3, -0.25) is 4.79 Å². The van der Waals surface area contributed by atoms with E-state index < -0.39 is 0 Å². The van der Waals surface area contributed by atoms with Crippen molar-refractivity contribution >= 4 is 16.8 Å². The molecule has 1 aromatic heterocycles. The molecule has 0 saturated heterocycles. The van der Waals surface area contributed by atoms with Crippen LogP contribution in [-0.2, 0) is 6.54 Å². The third-order valence-electron chi connectivity index (χ3n) is 4.81. The number of nitrogens with zero attached hydrogens (tertiary/aromatic N) is 1. The molecule has 0 aliphatic rings. The first-order valence-electron chi connectivity index (χ1n) is 8.27. The van der Waals surface area contributed by atoms with Crippen LogP contribution >= 0.6 is 0 Å². The molecule has 0 aliphatic heterocycles. The fraction of sp³-hybridized carbons (Fsp3) is 0.286. The Morgan fingerprint density at radius 3 is 2.50 bits per heavy atom. The maximum absolute atomic E-state index is 12.8. The van der Waals surface area contributed by atoms with Crippen molar-refractivity contribution in [3.8, 4) is 0 Å². The fourth-order valence-corrected chi connectivity index (χ4v) is 3.17. The summed E-state index contributed by atoms with van der Waals surface area (Å²) in [6, 6.07) is 12.3. The van der Waals surface area contributed by atoms with E-state index in [1.807, 2.05) is 25.2 Å². The molecule has 0 radical (unpaired) electrons. The number of aryl methyl sites for hydroxylation is 4. The number of benzene rings is 2. The quantitative estimate of drug-likeness (QED) is 0.747. The third-order valence-corrected chi connectivity index (χ3v) is 4.81. The highest BCUT2D eigenvalue weighted by Gasteiger charge is 2.15. The van der Waals surface area contributed by atoms with Crippen LogP contribution in [0.15, 0.2) is 36.4 Å². The number of hydrogen-bond donors (Lipinski definition) is 1. The van der Waals surface area contributed by atoms with Crippen molar-refractivity contribution in [2.75, 3.05) is 7.05 Å². The van der Waals surface area contributed by atoms with Gasteiger partial charge in [-0.1, -0.05) is 23.8 Å². The van der Waals surface area contributed by atoms with E-state index in [1.165, 1.54) is 22.3 Å². The summed E-state index contributed by atoms with van der Waals surface area (Å²) >= 11 is 0.